The Bertz CT molecular complexity index is 1960. The monoisotopic (exact) mass is 757 g/mol. The van der Waals surface area contributed by atoms with Crippen LogP contribution in [-0.4, -0.2) is 102 Å². The molecule has 5 aliphatic rings. The maximum Gasteiger partial charge on any atom is 0.405 e. The summed E-state index contributed by atoms with van der Waals surface area (Å²) in [5.41, 5.74) is -1.67. The first-order valence-electron chi connectivity index (χ1n) is 18.0. The van der Waals surface area contributed by atoms with Gasteiger partial charge in [0.25, 0.3) is 5.91 Å². The first kappa shape index (κ1) is 36.7. The highest BCUT2D eigenvalue weighted by atomic mass is 32.2. The zero-order valence-corrected chi connectivity index (χ0v) is 30.3. The lowest BCUT2D eigenvalue weighted by molar-refractivity contribution is -0.142. The molecule has 53 heavy (non-hydrogen) atoms. The zero-order chi connectivity index (χ0) is 37.7. The minimum Gasteiger partial charge on any atom is -0.486 e. The molecule has 0 bridgehead atoms. The highest BCUT2D eigenvalue weighted by Gasteiger charge is 2.64. The standard InChI is InChI=1S/C36H44FN5O10S/c1-20-5-3-4-6-22-17-36(22,33(45)41-53(48,49)35(19-37)10-11-35)40-30(43)26-16-23(18-42(26)32(44)28(21(2)15-20)39-34(46)47)52-31-25-7-8-27-29(51-14-13-50-27)24(25)9-12-38-31/h4,6-9,12,20-23,26,28,39H,3,5,10-11,13-19H2,1-2H3,(H,40,43)(H,41,45)(H,46,47)/b6-4-/t20-,21-,22-,23-,26+,28+,36-/m1/s1. The average Bonchev–Trinajstić information content (AvgIpc) is 4.03. The molecule has 4 amide bonds. The highest BCUT2D eigenvalue weighted by Crippen LogP contribution is 2.48. The van der Waals surface area contributed by atoms with Crippen molar-refractivity contribution in [3.05, 3.63) is 36.5 Å². The predicted octanol–water partition coefficient (Wildman–Crippen LogP) is 2.83. The van der Waals surface area contributed by atoms with Gasteiger partial charge in [-0.3, -0.25) is 19.1 Å². The lowest BCUT2D eigenvalue weighted by atomic mass is 9.88. The minimum absolute atomic E-state index is 0.0494. The third-order valence-corrected chi connectivity index (χ3v) is 13.3. The zero-order valence-electron chi connectivity index (χ0n) is 29.5. The number of nitrogens with zero attached hydrogens (tertiary/aromatic N) is 2. The van der Waals surface area contributed by atoms with Gasteiger partial charge in [0.1, 0.15) is 48.4 Å². The number of carbonyl (C=O) groups excluding carboxylic acids is 3. The molecule has 2 saturated carbocycles. The van der Waals surface area contributed by atoms with Crippen LogP contribution in [0.15, 0.2) is 36.5 Å². The number of allylic oxidation sites excluding steroid dienone is 1. The number of nitrogens with one attached hydrogen (secondary N) is 3. The van der Waals surface area contributed by atoms with Crippen LogP contribution in [0.1, 0.15) is 58.8 Å². The summed E-state index contributed by atoms with van der Waals surface area (Å²) >= 11 is 0. The molecule has 0 radical (unpaired) electrons. The number of carbonyl (C=O) groups is 4. The smallest absolute Gasteiger partial charge is 0.405 e. The van der Waals surface area contributed by atoms with E-state index in [9.17, 15) is 37.1 Å². The molecular formula is C36H44FN5O10S. The number of aromatic nitrogens is 1. The fourth-order valence-electron chi connectivity index (χ4n) is 7.87. The van der Waals surface area contributed by atoms with E-state index in [-0.39, 0.29) is 44.0 Å². The molecule has 7 rings (SSSR count). The van der Waals surface area contributed by atoms with Crippen molar-refractivity contribution in [2.45, 2.75) is 87.3 Å². The van der Waals surface area contributed by atoms with Crippen molar-refractivity contribution in [2.24, 2.45) is 17.8 Å². The summed E-state index contributed by atoms with van der Waals surface area (Å²) in [6.45, 7) is 3.30. The molecule has 3 fully saturated rings. The third-order valence-electron chi connectivity index (χ3n) is 11.2. The number of hydrogen-bond donors (Lipinski definition) is 4. The summed E-state index contributed by atoms with van der Waals surface area (Å²) in [6, 6.07) is 2.86. The van der Waals surface area contributed by atoms with E-state index in [0.717, 1.165) is 0 Å². The SMILES string of the molecule is C[C@@H]1CC/C=C\[C@@H]2C[C@@]2(C(=O)NS(=O)(=O)C2(CF)CC2)NC(=O)[C@@H]2C[C@@H](Oc3nccc4c5c(ccc34)OCCO5)CN2C(=O)[C@@H](NC(=O)O)[C@H](C)C1. The maximum absolute atomic E-state index is 14.4. The topological polar surface area (TPSA) is 203 Å². The largest absolute Gasteiger partial charge is 0.486 e. The molecule has 17 heteroatoms. The van der Waals surface area contributed by atoms with Crippen LogP contribution in [0.25, 0.3) is 10.8 Å². The van der Waals surface area contributed by atoms with E-state index < -0.39 is 80.8 Å². The van der Waals surface area contributed by atoms with Gasteiger partial charge in [-0.2, -0.15) is 0 Å². The van der Waals surface area contributed by atoms with Crippen LogP contribution >= 0.6 is 0 Å². The van der Waals surface area contributed by atoms with Gasteiger partial charge in [0.2, 0.25) is 27.7 Å². The quantitative estimate of drug-likeness (QED) is 0.303. The van der Waals surface area contributed by atoms with Crippen LogP contribution in [-0.2, 0) is 24.4 Å². The number of hydrogen-bond acceptors (Lipinski definition) is 10. The summed E-state index contributed by atoms with van der Waals surface area (Å²) < 4.78 is 58.3. The Morgan fingerprint density at radius 3 is 2.64 bits per heavy atom. The van der Waals surface area contributed by atoms with Crippen molar-refractivity contribution in [1.82, 2.24) is 25.2 Å². The molecule has 0 unspecified atom stereocenters. The molecule has 15 nitrogen and oxygen atoms in total. The van der Waals surface area contributed by atoms with Gasteiger partial charge in [-0.25, -0.2) is 22.6 Å². The van der Waals surface area contributed by atoms with Gasteiger partial charge in [0.05, 0.1) is 6.54 Å². The number of alkyl halides is 1. The second-order valence-corrected chi connectivity index (χ2v) is 17.1. The minimum atomic E-state index is -4.39. The van der Waals surface area contributed by atoms with E-state index >= 15 is 0 Å². The van der Waals surface area contributed by atoms with Crippen molar-refractivity contribution in [3.63, 3.8) is 0 Å². The van der Waals surface area contributed by atoms with Gasteiger partial charge in [-0.1, -0.05) is 26.0 Å². The van der Waals surface area contributed by atoms with Crippen LogP contribution in [0, 0.1) is 17.8 Å². The van der Waals surface area contributed by atoms with E-state index in [0.29, 0.717) is 54.7 Å². The molecule has 2 aliphatic carbocycles. The molecule has 286 valence electrons. The average molecular weight is 758 g/mol. The number of carboxylic acid groups (broad SMARTS) is 1. The molecule has 2 aromatic rings. The molecule has 7 atom stereocenters. The second-order valence-electron chi connectivity index (χ2n) is 15.1. The highest BCUT2D eigenvalue weighted by molar-refractivity contribution is 7.91. The Hall–Kier alpha value is -4.67. The molecule has 4 N–H and O–H groups in total. The Labute approximate surface area is 306 Å². The van der Waals surface area contributed by atoms with Crippen LogP contribution in [0.3, 0.4) is 0 Å². The number of sulfonamides is 1. The van der Waals surface area contributed by atoms with Crippen molar-refractivity contribution in [3.8, 4) is 17.4 Å². The molecular weight excluding hydrogens is 713 g/mol. The molecule has 1 aromatic carbocycles. The molecule has 0 spiro atoms. The normalized spacial score (nSPS) is 31.5. The van der Waals surface area contributed by atoms with Crippen molar-refractivity contribution in [2.75, 3.05) is 26.4 Å². The van der Waals surface area contributed by atoms with Gasteiger partial charge in [0.15, 0.2) is 11.5 Å². The van der Waals surface area contributed by atoms with E-state index in [1.165, 1.54) is 4.90 Å². The van der Waals surface area contributed by atoms with Gasteiger partial charge in [0, 0.05) is 29.3 Å². The van der Waals surface area contributed by atoms with Gasteiger partial charge in [-0.05, 0) is 68.6 Å². The van der Waals surface area contributed by atoms with Crippen molar-refractivity contribution < 1.29 is 51.3 Å². The van der Waals surface area contributed by atoms with Gasteiger partial charge < -0.3 is 34.9 Å². The van der Waals surface area contributed by atoms with E-state index in [1.54, 1.807) is 37.4 Å². The Balaban J connectivity index is 1.21. The predicted molar refractivity (Wildman–Crippen MR) is 188 cm³/mol. The number of rotatable bonds is 7. The Kier molecular flexibility index (Phi) is 9.66. The fraction of sp³-hybridized carbons (Fsp3) is 0.583. The van der Waals surface area contributed by atoms with Crippen molar-refractivity contribution >= 4 is 44.6 Å². The number of halogens is 1. The first-order chi connectivity index (χ1) is 25.3. The number of fused-ring (bicyclic) bond motifs is 5. The Morgan fingerprint density at radius 1 is 1.13 bits per heavy atom. The number of ether oxygens (including phenoxy) is 3. The summed E-state index contributed by atoms with van der Waals surface area (Å²) in [6.07, 6.45) is 5.01. The third kappa shape index (κ3) is 6.95. The van der Waals surface area contributed by atoms with E-state index in [4.69, 9.17) is 14.2 Å². The summed E-state index contributed by atoms with van der Waals surface area (Å²) in [5, 5.41) is 16.2. The first-order valence-corrected chi connectivity index (χ1v) is 19.5. The van der Waals surface area contributed by atoms with Crippen LogP contribution in [0.5, 0.6) is 17.4 Å². The number of amides is 4. The fourth-order valence-corrected chi connectivity index (χ4v) is 9.30. The van der Waals surface area contributed by atoms with Crippen molar-refractivity contribution in [1.29, 1.82) is 0 Å². The molecule has 1 aromatic heterocycles. The molecule has 4 heterocycles. The lowest BCUT2D eigenvalue weighted by Gasteiger charge is -2.32. The molecule has 3 aliphatic heterocycles. The maximum atomic E-state index is 14.4. The van der Waals surface area contributed by atoms with E-state index in [2.05, 4.69) is 20.3 Å². The lowest BCUT2D eigenvalue weighted by Crippen LogP contribution is -2.59. The number of pyridine rings is 1. The summed E-state index contributed by atoms with van der Waals surface area (Å²) in [7, 11) is -4.39. The summed E-state index contributed by atoms with van der Waals surface area (Å²) in [4.78, 5) is 60.2. The Morgan fingerprint density at radius 2 is 1.91 bits per heavy atom. The second kappa shape index (κ2) is 14.0. The van der Waals surface area contributed by atoms with Crippen LogP contribution < -0.4 is 29.6 Å². The van der Waals surface area contributed by atoms with Gasteiger partial charge in [-0.15, -0.1) is 0 Å². The van der Waals surface area contributed by atoms with Gasteiger partial charge >= 0.3 is 6.09 Å². The summed E-state index contributed by atoms with van der Waals surface area (Å²) in [5.74, 6) is -1.93. The van der Waals surface area contributed by atoms with E-state index in [1.807, 2.05) is 13.0 Å². The molecule has 1 saturated heterocycles. The number of benzene rings is 1. The van der Waals surface area contributed by atoms with Crippen LogP contribution in [0.4, 0.5) is 9.18 Å². The van der Waals surface area contributed by atoms with Crippen LogP contribution in [0.2, 0.25) is 0 Å².